The van der Waals surface area contributed by atoms with Crippen molar-refractivity contribution in [2.45, 2.75) is 13.1 Å². The zero-order chi connectivity index (χ0) is 12.7. The maximum absolute atomic E-state index is 13.9. The van der Waals surface area contributed by atoms with E-state index >= 15 is 0 Å². The van der Waals surface area contributed by atoms with Crippen LogP contribution in [0.15, 0.2) is 40.9 Å². The minimum Gasteiger partial charge on any atom is -0.398 e. The maximum Gasteiger partial charge on any atom is 0.146 e. The first-order valence-corrected chi connectivity index (χ1v) is 6.50. The molecule has 0 bridgehead atoms. The summed E-state index contributed by atoms with van der Waals surface area (Å²) in [6, 6.07) is 10.9. The van der Waals surface area contributed by atoms with Crippen molar-refractivity contribution in [2.75, 3.05) is 10.6 Å². The van der Waals surface area contributed by atoms with Crippen LogP contribution in [0.25, 0.3) is 0 Å². The van der Waals surface area contributed by atoms with E-state index in [1.807, 2.05) is 23.1 Å². The van der Waals surface area contributed by atoms with Crippen molar-refractivity contribution in [1.82, 2.24) is 0 Å². The number of anilines is 2. The van der Waals surface area contributed by atoms with Crippen molar-refractivity contribution in [2.24, 2.45) is 0 Å². The molecule has 0 aromatic heterocycles. The molecule has 1 heterocycles. The van der Waals surface area contributed by atoms with Crippen molar-refractivity contribution in [3.8, 4) is 0 Å². The quantitative estimate of drug-likeness (QED) is 0.814. The van der Waals surface area contributed by atoms with Crippen molar-refractivity contribution < 1.29 is 4.39 Å². The van der Waals surface area contributed by atoms with Gasteiger partial charge in [-0.15, -0.1) is 0 Å². The number of nitrogens with two attached hydrogens (primary N) is 1. The molecule has 0 radical (unpaired) electrons. The number of benzene rings is 2. The third-order valence-electron chi connectivity index (χ3n) is 3.27. The lowest BCUT2D eigenvalue weighted by Gasteiger charge is -2.18. The van der Waals surface area contributed by atoms with Crippen molar-refractivity contribution >= 4 is 27.3 Å². The lowest BCUT2D eigenvalue weighted by molar-refractivity contribution is 0.619. The molecular weight excluding hydrogens is 295 g/mol. The number of hydrogen-bond acceptors (Lipinski definition) is 2. The second-order valence-electron chi connectivity index (χ2n) is 4.44. The zero-order valence-corrected chi connectivity index (χ0v) is 11.2. The zero-order valence-electron chi connectivity index (χ0n) is 9.66. The second-order valence-corrected chi connectivity index (χ2v) is 5.35. The van der Waals surface area contributed by atoms with Gasteiger partial charge in [-0.1, -0.05) is 28.1 Å². The van der Waals surface area contributed by atoms with E-state index in [1.165, 1.54) is 11.6 Å². The number of rotatable bonds is 1. The van der Waals surface area contributed by atoms with Crippen LogP contribution in [0.3, 0.4) is 0 Å². The van der Waals surface area contributed by atoms with Gasteiger partial charge in [0, 0.05) is 23.2 Å². The Labute approximate surface area is 113 Å². The Bertz CT molecular complexity index is 613. The average Bonchev–Trinajstić information content (AvgIpc) is 2.77. The molecule has 92 valence electrons. The van der Waals surface area contributed by atoms with E-state index in [0.717, 1.165) is 15.7 Å². The van der Waals surface area contributed by atoms with Gasteiger partial charge < -0.3 is 10.6 Å². The SMILES string of the molecule is Nc1cccc2c1CN(c1cc(Br)ccc1F)C2. The molecule has 0 unspecified atom stereocenters. The molecular formula is C14H12BrFN2. The Morgan fingerprint density at radius 1 is 1.17 bits per heavy atom. The van der Waals surface area contributed by atoms with Gasteiger partial charge in [-0.05, 0) is 35.4 Å². The molecule has 0 aliphatic carbocycles. The van der Waals surface area contributed by atoms with E-state index in [9.17, 15) is 4.39 Å². The van der Waals surface area contributed by atoms with Crippen LogP contribution < -0.4 is 10.6 Å². The number of halogens is 2. The fraction of sp³-hybridized carbons (Fsp3) is 0.143. The summed E-state index contributed by atoms with van der Waals surface area (Å²) in [5.74, 6) is -0.204. The molecule has 1 aliphatic rings. The minimum absolute atomic E-state index is 0.204. The van der Waals surface area contributed by atoms with Crippen LogP contribution in [-0.2, 0) is 13.1 Å². The molecule has 2 nitrogen and oxygen atoms in total. The van der Waals surface area contributed by atoms with Crippen LogP contribution in [0.1, 0.15) is 11.1 Å². The first-order valence-electron chi connectivity index (χ1n) is 5.71. The summed E-state index contributed by atoms with van der Waals surface area (Å²) in [6.07, 6.45) is 0. The molecule has 4 heteroatoms. The predicted octanol–water partition coefficient (Wildman–Crippen LogP) is 3.69. The largest absolute Gasteiger partial charge is 0.398 e. The fourth-order valence-electron chi connectivity index (χ4n) is 2.35. The van der Waals surface area contributed by atoms with E-state index in [-0.39, 0.29) is 5.82 Å². The van der Waals surface area contributed by atoms with Crippen molar-refractivity contribution in [3.05, 3.63) is 57.8 Å². The van der Waals surface area contributed by atoms with Crippen LogP contribution >= 0.6 is 15.9 Å². The third-order valence-corrected chi connectivity index (χ3v) is 3.76. The fourth-order valence-corrected chi connectivity index (χ4v) is 2.70. The number of nitrogen functional groups attached to an aromatic ring is 1. The molecule has 0 amide bonds. The van der Waals surface area contributed by atoms with Gasteiger partial charge in [0.2, 0.25) is 0 Å². The summed E-state index contributed by atoms with van der Waals surface area (Å²) in [6.45, 7) is 1.36. The van der Waals surface area contributed by atoms with E-state index in [0.29, 0.717) is 18.8 Å². The summed E-state index contributed by atoms with van der Waals surface area (Å²) < 4.78 is 14.7. The van der Waals surface area contributed by atoms with Gasteiger partial charge in [0.25, 0.3) is 0 Å². The molecule has 2 aromatic rings. The molecule has 0 atom stereocenters. The highest BCUT2D eigenvalue weighted by atomic mass is 79.9. The normalized spacial score (nSPS) is 13.8. The number of fused-ring (bicyclic) bond motifs is 1. The molecule has 0 spiro atoms. The van der Waals surface area contributed by atoms with E-state index in [4.69, 9.17) is 5.73 Å². The Balaban J connectivity index is 1.99. The van der Waals surface area contributed by atoms with Crippen LogP contribution in [0.5, 0.6) is 0 Å². The van der Waals surface area contributed by atoms with Crippen molar-refractivity contribution in [3.63, 3.8) is 0 Å². The number of nitrogens with zero attached hydrogens (tertiary/aromatic N) is 1. The Morgan fingerprint density at radius 3 is 2.78 bits per heavy atom. The van der Waals surface area contributed by atoms with Gasteiger partial charge in [-0.2, -0.15) is 0 Å². The first-order chi connectivity index (χ1) is 8.65. The van der Waals surface area contributed by atoms with Crippen LogP contribution in [0.4, 0.5) is 15.8 Å². The topological polar surface area (TPSA) is 29.3 Å². The van der Waals surface area contributed by atoms with E-state index < -0.39 is 0 Å². The molecule has 2 N–H and O–H groups in total. The van der Waals surface area contributed by atoms with E-state index in [2.05, 4.69) is 15.9 Å². The van der Waals surface area contributed by atoms with Gasteiger partial charge in [-0.3, -0.25) is 0 Å². The summed E-state index contributed by atoms with van der Waals surface area (Å²) in [5, 5.41) is 0. The Kier molecular flexibility index (Phi) is 2.74. The summed E-state index contributed by atoms with van der Waals surface area (Å²) in [5.41, 5.74) is 9.63. The van der Waals surface area contributed by atoms with Gasteiger partial charge in [0.05, 0.1) is 5.69 Å². The smallest absolute Gasteiger partial charge is 0.146 e. The Morgan fingerprint density at radius 2 is 2.00 bits per heavy atom. The molecule has 18 heavy (non-hydrogen) atoms. The molecule has 0 saturated carbocycles. The number of hydrogen-bond donors (Lipinski definition) is 1. The highest BCUT2D eigenvalue weighted by Crippen LogP contribution is 2.33. The second kappa shape index (κ2) is 4.28. The maximum atomic E-state index is 13.9. The highest BCUT2D eigenvalue weighted by molar-refractivity contribution is 9.10. The monoisotopic (exact) mass is 306 g/mol. The van der Waals surface area contributed by atoms with Crippen molar-refractivity contribution in [1.29, 1.82) is 0 Å². The first kappa shape index (κ1) is 11.5. The molecule has 1 aliphatic heterocycles. The minimum atomic E-state index is -0.204. The summed E-state index contributed by atoms with van der Waals surface area (Å²) in [7, 11) is 0. The van der Waals surface area contributed by atoms with Gasteiger partial charge in [0.15, 0.2) is 0 Å². The molecule has 3 rings (SSSR count). The van der Waals surface area contributed by atoms with Crippen LogP contribution in [0, 0.1) is 5.82 Å². The van der Waals surface area contributed by atoms with Gasteiger partial charge in [-0.25, -0.2) is 4.39 Å². The molecule has 0 fully saturated rings. The third kappa shape index (κ3) is 1.86. The summed E-state index contributed by atoms with van der Waals surface area (Å²) in [4.78, 5) is 2.00. The lowest BCUT2D eigenvalue weighted by Crippen LogP contribution is -2.16. The lowest BCUT2D eigenvalue weighted by atomic mass is 10.1. The molecule has 2 aromatic carbocycles. The van der Waals surface area contributed by atoms with Gasteiger partial charge in [0.1, 0.15) is 5.82 Å². The standard InChI is InChI=1S/C14H12BrFN2/c15-10-4-5-12(16)14(6-10)18-7-9-2-1-3-13(17)11(9)8-18/h1-6H,7-8,17H2. The summed E-state index contributed by atoms with van der Waals surface area (Å²) >= 11 is 3.37. The predicted molar refractivity (Wildman–Crippen MR) is 74.8 cm³/mol. The average molecular weight is 307 g/mol. The van der Waals surface area contributed by atoms with Crippen LogP contribution in [0.2, 0.25) is 0 Å². The highest BCUT2D eigenvalue weighted by Gasteiger charge is 2.23. The van der Waals surface area contributed by atoms with E-state index in [1.54, 1.807) is 12.1 Å². The van der Waals surface area contributed by atoms with Gasteiger partial charge >= 0.3 is 0 Å². The van der Waals surface area contributed by atoms with Crippen LogP contribution in [-0.4, -0.2) is 0 Å². The molecule has 0 saturated heterocycles. The Hall–Kier alpha value is -1.55.